The number of benzene rings is 1. The molecule has 1 saturated heterocycles. The molecule has 27 heavy (non-hydrogen) atoms. The van der Waals surface area contributed by atoms with Crippen molar-refractivity contribution in [2.75, 3.05) is 6.54 Å². The standard InChI is InChI=1S/C21H25N3O3/c1-21(2,3)27-20(26)18-12-17(13-23-18)24-19(25)16-6-4-14(5-7-16)15-8-10-22-11-9-15/h4-11,17-18,23H,12-13H2,1-3H3,(H,24,25). The number of nitrogens with zero attached hydrogens (tertiary/aromatic N) is 1. The topological polar surface area (TPSA) is 80.3 Å². The zero-order valence-corrected chi connectivity index (χ0v) is 15.9. The van der Waals surface area contributed by atoms with Crippen LogP contribution in [0.4, 0.5) is 0 Å². The van der Waals surface area contributed by atoms with Crippen molar-refractivity contribution in [3.8, 4) is 11.1 Å². The lowest BCUT2D eigenvalue weighted by Gasteiger charge is -2.22. The van der Waals surface area contributed by atoms with Gasteiger partial charge in [-0.25, -0.2) is 0 Å². The molecule has 2 N–H and O–H groups in total. The normalized spacial score (nSPS) is 19.5. The van der Waals surface area contributed by atoms with E-state index in [1.165, 1.54) is 0 Å². The molecule has 2 unspecified atom stereocenters. The van der Waals surface area contributed by atoms with E-state index in [1.54, 1.807) is 24.5 Å². The van der Waals surface area contributed by atoms with Gasteiger partial charge in [0.15, 0.2) is 0 Å². The third kappa shape index (κ3) is 5.14. The molecule has 0 aliphatic carbocycles. The van der Waals surface area contributed by atoms with Crippen molar-refractivity contribution in [2.24, 2.45) is 0 Å². The fourth-order valence-electron chi connectivity index (χ4n) is 3.03. The van der Waals surface area contributed by atoms with Gasteiger partial charge in [0, 0.05) is 30.5 Å². The first kappa shape index (κ1) is 19.0. The molecule has 2 atom stereocenters. The summed E-state index contributed by atoms with van der Waals surface area (Å²) in [6.45, 7) is 6.07. The molecule has 1 aliphatic rings. The van der Waals surface area contributed by atoms with E-state index in [-0.39, 0.29) is 24.0 Å². The highest BCUT2D eigenvalue weighted by Crippen LogP contribution is 2.19. The summed E-state index contributed by atoms with van der Waals surface area (Å²) in [5.41, 5.74) is 2.16. The maximum Gasteiger partial charge on any atom is 0.323 e. The van der Waals surface area contributed by atoms with Crippen LogP contribution < -0.4 is 10.6 Å². The van der Waals surface area contributed by atoms with Gasteiger partial charge < -0.3 is 15.4 Å². The highest BCUT2D eigenvalue weighted by atomic mass is 16.6. The highest BCUT2D eigenvalue weighted by molar-refractivity contribution is 5.95. The molecule has 142 valence electrons. The lowest BCUT2D eigenvalue weighted by molar-refractivity contribution is -0.157. The molecule has 0 bridgehead atoms. The maximum absolute atomic E-state index is 12.5. The molecule has 0 spiro atoms. The van der Waals surface area contributed by atoms with Crippen molar-refractivity contribution in [3.05, 3.63) is 54.4 Å². The molecule has 6 nitrogen and oxygen atoms in total. The number of hydrogen-bond acceptors (Lipinski definition) is 5. The van der Waals surface area contributed by atoms with Gasteiger partial charge in [0.2, 0.25) is 0 Å². The Bertz CT molecular complexity index is 798. The van der Waals surface area contributed by atoms with Crippen molar-refractivity contribution in [1.29, 1.82) is 0 Å². The van der Waals surface area contributed by atoms with Crippen molar-refractivity contribution in [2.45, 2.75) is 44.9 Å². The number of esters is 1. The first-order valence-corrected chi connectivity index (χ1v) is 9.09. The average molecular weight is 367 g/mol. The van der Waals surface area contributed by atoms with E-state index in [4.69, 9.17) is 4.74 Å². The van der Waals surface area contributed by atoms with Crippen LogP contribution in [-0.4, -0.2) is 41.1 Å². The van der Waals surface area contributed by atoms with Crippen LogP contribution in [0, 0.1) is 0 Å². The summed E-state index contributed by atoms with van der Waals surface area (Å²) in [7, 11) is 0. The van der Waals surface area contributed by atoms with E-state index >= 15 is 0 Å². The third-order valence-corrected chi connectivity index (χ3v) is 4.32. The Hall–Kier alpha value is -2.73. The lowest BCUT2D eigenvalue weighted by Crippen LogP contribution is -2.37. The largest absolute Gasteiger partial charge is 0.459 e. The van der Waals surface area contributed by atoms with Crippen LogP contribution >= 0.6 is 0 Å². The smallest absolute Gasteiger partial charge is 0.323 e. The van der Waals surface area contributed by atoms with Gasteiger partial charge in [0.05, 0.1) is 0 Å². The number of ether oxygens (including phenoxy) is 1. The van der Waals surface area contributed by atoms with Gasteiger partial charge in [0.25, 0.3) is 5.91 Å². The molecule has 1 aromatic heterocycles. The fourth-order valence-corrected chi connectivity index (χ4v) is 3.03. The van der Waals surface area contributed by atoms with Gasteiger partial charge in [-0.05, 0) is 62.6 Å². The minimum absolute atomic E-state index is 0.102. The van der Waals surface area contributed by atoms with Crippen molar-refractivity contribution in [1.82, 2.24) is 15.6 Å². The van der Waals surface area contributed by atoms with Crippen LogP contribution in [0.15, 0.2) is 48.8 Å². The molecular formula is C21H25N3O3. The molecule has 2 heterocycles. The van der Waals surface area contributed by atoms with Gasteiger partial charge in [-0.15, -0.1) is 0 Å². The molecular weight excluding hydrogens is 342 g/mol. The van der Waals surface area contributed by atoms with Crippen LogP contribution in [-0.2, 0) is 9.53 Å². The molecule has 2 aromatic rings. The zero-order chi connectivity index (χ0) is 19.4. The van der Waals surface area contributed by atoms with Gasteiger partial charge in [-0.3, -0.25) is 14.6 Å². The Labute approximate surface area is 159 Å². The number of hydrogen-bond donors (Lipinski definition) is 2. The summed E-state index contributed by atoms with van der Waals surface area (Å²) in [4.78, 5) is 28.6. The van der Waals surface area contributed by atoms with Crippen molar-refractivity contribution < 1.29 is 14.3 Å². The Morgan fingerprint density at radius 2 is 1.70 bits per heavy atom. The molecule has 1 aliphatic heterocycles. The van der Waals surface area contributed by atoms with Crippen LogP contribution in [0.1, 0.15) is 37.6 Å². The second-order valence-corrected chi connectivity index (χ2v) is 7.71. The summed E-state index contributed by atoms with van der Waals surface area (Å²) < 4.78 is 5.40. The summed E-state index contributed by atoms with van der Waals surface area (Å²) in [6.07, 6.45) is 4.00. The Morgan fingerprint density at radius 1 is 1.07 bits per heavy atom. The number of aromatic nitrogens is 1. The fraction of sp³-hybridized carbons (Fsp3) is 0.381. The monoisotopic (exact) mass is 367 g/mol. The molecule has 1 aromatic carbocycles. The van der Waals surface area contributed by atoms with E-state index in [2.05, 4.69) is 15.6 Å². The predicted octanol–water partition coefficient (Wildman–Crippen LogP) is 2.55. The lowest BCUT2D eigenvalue weighted by atomic mass is 10.0. The van der Waals surface area contributed by atoms with Crippen molar-refractivity contribution >= 4 is 11.9 Å². The number of pyridine rings is 1. The predicted molar refractivity (Wildman–Crippen MR) is 103 cm³/mol. The van der Waals surface area contributed by atoms with Crippen LogP contribution in [0.5, 0.6) is 0 Å². The number of amides is 1. The van der Waals surface area contributed by atoms with E-state index in [9.17, 15) is 9.59 Å². The zero-order valence-electron chi connectivity index (χ0n) is 15.9. The molecule has 6 heteroatoms. The molecule has 0 saturated carbocycles. The van der Waals surface area contributed by atoms with E-state index in [0.29, 0.717) is 18.5 Å². The summed E-state index contributed by atoms with van der Waals surface area (Å²) in [5.74, 6) is -0.422. The third-order valence-electron chi connectivity index (χ3n) is 4.32. The Balaban J connectivity index is 1.56. The van der Waals surface area contributed by atoms with Crippen LogP contribution in [0.2, 0.25) is 0 Å². The first-order valence-electron chi connectivity index (χ1n) is 9.09. The molecule has 1 amide bonds. The van der Waals surface area contributed by atoms with E-state index < -0.39 is 5.60 Å². The number of carbonyl (C=O) groups excluding carboxylic acids is 2. The van der Waals surface area contributed by atoms with Gasteiger partial charge in [-0.1, -0.05) is 12.1 Å². The number of nitrogens with one attached hydrogen (secondary N) is 2. The first-order chi connectivity index (χ1) is 12.8. The van der Waals surface area contributed by atoms with E-state index in [0.717, 1.165) is 11.1 Å². The SMILES string of the molecule is CC(C)(C)OC(=O)C1CC(NC(=O)c2ccc(-c3ccncc3)cc2)CN1. The van der Waals surface area contributed by atoms with Gasteiger partial charge >= 0.3 is 5.97 Å². The highest BCUT2D eigenvalue weighted by Gasteiger charge is 2.33. The Morgan fingerprint density at radius 3 is 2.33 bits per heavy atom. The minimum Gasteiger partial charge on any atom is -0.459 e. The molecule has 0 radical (unpaired) electrons. The van der Waals surface area contributed by atoms with Gasteiger partial charge in [0.1, 0.15) is 11.6 Å². The molecule has 1 fully saturated rings. The van der Waals surface area contributed by atoms with E-state index in [1.807, 2.05) is 45.0 Å². The molecule has 3 rings (SSSR count). The average Bonchev–Trinajstić information content (AvgIpc) is 3.10. The maximum atomic E-state index is 12.5. The number of carbonyl (C=O) groups is 2. The van der Waals surface area contributed by atoms with Gasteiger partial charge in [-0.2, -0.15) is 0 Å². The summed E-state index contributed by atoms with van der Waals surface area (Å²) in [6, 6.07) is 10.8. The summed E-state index contributed by atoms with van der Waals surface area (Å²) in [5, 5.41) is 6.10. The van der Waals surface area contributed by atoms with Crippen LogP contribution in [0.25, 0.3) is 11.1 Å². The minimum atomic E-state index is -0.517. The second kappa shape index (κ2) is 7.88. The van der Waals surface area contributed by atoms with Crippen molar-refractivity contribution in [3.63, 3.8) is 0 Å². The second-order valence-electron chi connectivity index (χ2n) is 7.71. The Kier molecular flexibility index (Phi) is 5.56. The quantitative estimate of drug-likeness (QED) is 0.812. The van der Waals surface area contributed by atoms with Crippen LogP contribution in [0.3, 0.4) is 0 Å². The number of rotatable bonds is 4. The summed E-state index contributed by atoms with van der Waals surface area (Å²) >= 11 is 0.